The van der Waals surface area contributed by atoms with Crippen LogP contribution in [0.4, 0.5) is 0 Å². The number of benzene rings is 1. The molecule has 0 spiro atoms. The number of aliphatic hydroxyl groups is 1. The van der Waals surface area contributed by atoms with Crippen molar-refractivity contribution < 1.29 is 5.11 Å². The highest BCUT2D eigenvalue weighted by Gasteiger charge is 2.53. The third-order valence-corrected chi connectivity index (χ3v) is 5.38. The molecule has 0 aromatic heterocycles. The zero-order chi connectivity index (χ0) is 14.2. The van der Waals surface area contributed by atoms with Gasteiger partial charge in [0.05, 0.1) is 5.60 Å². The first-order chi connectivity index (χ1) is 9.58. The van der Waals surface area contributed by atoms with Crippen LogP contribution >= 0.6 is 0 Å². The number of hydrogen-bond donors (Lipinski definition) is 1. The molecule has 0 amide bonds. The predicted octanol–water partition coefficient (Wildman–Crippen LogP) is 4.76. The smallest absolute Gasteiger partial charge is 0.0684 e. The molecule has 1 nitrogen and oxygen atoms in total. The van der Waals surface area contributed by atoms with Crippen LogP contribution in [0.15, 0.2) is 30.3 Å². The molecule has 0 saturated heterocycles. The summed E-state index contributed by atoms with van der Waals surface area (Å²) in [5.41, 5.74) is 1.05. The first-order valence-electron chi connectivity index (χ1n) is 8.36. The molecule has 20 heavy (non-hydrogen) atoms. The summed E-state index contributed by atoms with van der Waals surface area (Å²) in [5, 5.41) is 11.1. The van der Waals surface area contributed by atoms with Gasteiger partial charge in [-0.3, -0.25) is 0 Å². The molecule has 0 radical (unpaired) electrons. The van der Waals surface area contributed by atoms with Crippen LogP contribution in [-0.4, -0.2) is 10.7 Å². The highest BCUT2D eigenvalue weighted by Crippen LogP contribution is 2.58. The van der Waals surface area contributed by atoms with E-state index in [4.69, 9.17) is 0 Å². The minimum absolute atomic E-state index is 0.377. The van der Waals surface area contributed by atoms with Crippen molar-refractivity contribution in [2.45, 2.75) is 63.9 Å². The van der Waals surface area contributed by atoms with Crippen LogP contribution in [0.25, 0.3) is 0 Å². The largest absolute Gasteiger partial charge is 0.390 e. The fraction of sp³-hybridized carbons (Fsp3) is 0.684. The van der Waals surface area contributed by atoms with Crippen molar-refractivity contribution in [3.8, 4) is 0 Å². The van der Waals surface area contributed by atoms with Gasteiger partial charge in [0.15, 0.2) is 0 Å². The molecule has 2 saturated carbocycles. The van der Waals surface area contributed by atoms with Crippen LogP contribution < -0.4 is 0 Å². The summed E-state index contributed by atoms with van der Waals surface area (Å²) in [6, 6.07) is 10.8. The zero-order valence-electron chi connectivity index (χ0n) is 12.9. The van der Waals surface area contributed by atoms with Crippen molar-refractivity contribution >= 4 is 0 Å². The first-order valence-corrected chi connectivity index (χ1v) is 8.36. The molecule has 1 N–H and O–H groups in total. The van der Waals surface area contributed by atoms with Gasteiger partial charge >= 0.3 is 0 Å². The third-order valence-electron chi connectivity index (χ3n) is 5.38. The average molecular weight is 272 g/mol. The fourth-order valence-corrected chi connectivity index (χ4v) is 4.46. The Morgan fingerprint density at radius 1 is 1.25 bits per heavy atom. The SMILES string of the molecule is CC(C)CC1CCCC(O)(C2CC2c2ccccc2)C1. The van der Waals surface area contributed by atoms with E-state index in [1.165, 1.54) is 31.2 Å². The van der Waals surface area contributed by atoms with E-state index in [1.807, 2.05) is 0 Å². The molecule has 4 atom stereocenters. The molecule has 1 aromatic rings. The maximum absolute atomic E-state index is 11.1. The summed E-state index contributed by atoms with van der Waals surface area (Å²) in [6.45, 7) is 4.61. The van der Waals surface area contributed by atoms with Crippen LogP contribution in [0, 0.1) is 17.8 Å². The zero-order valence-corrected chi connectivity index (χ0v) is 12.9. The highest BCUT2D eigenvalue weighted by molar-refractivity contribution is 5.28. The van der Waals surface area contributed by atoms with Gasteiger partial charge in [-0.15, -0.1) is 0 Å². The molecule has 1 aromatic carbocycles. The highest BCUT2D eigenvalue weighted by atomic mass is 16.3. The van der Waals surface area contributed by atoms with Crippen LogP contribution in [0.1, 0.15) is 63.9 Å². The van der Waals surface area contributed by atoms with Gasteiger partial charge in [0.25, 0.3) is 0 Å². The summed E-state index contributed by atoms with van der Waals surface area (Å²) in [7, 11) is 0. The van der Waals surface area contributed by atoms with E-state index in [-0.39, 0.29) is 5.60 Å². The van der Waals surface area contributed by atoms with Crippen molar-refractivity contribution in [1.29, 1.82) is 0 Å². The van der Waals surface area contributed by atoms with Crippen molar-refractivity contribution in [3.63, 3.8) is 0 Å². The van der Waals surface area contributed by atoms with Crippen LogP contribution in [-0.2, 0) is 0 Å². The van der Waals surface area contributed by atoms with E-state index in [2.05, 4.69) is 44.2 Å². The van der Waals surface area contributed by atoms with E-state index >= 15 is 0 Å². The van der Waals surface area contributed by atoms with Gasteiger partial charge in [-0.25, -0.2) is 0 Å². The topological polar surface area (TPSA) is 20.2 Å². The maximum atomic E-state index is 11.1. The molecule has 0 aliphatic heterocycles. The van der Waals surface area contributed by atoms with E-state index in [0.717, 1.165) is 24.7 Å². The van der Waals surface area contributed by atoms with Crippen LogP contribution in [0.3, 0.4) is 0 Å². The first kappa shape index (κ1) is 14.1. The monoisotopic (exact) mass is 272 g/mol. The summed E-state index contributed by atoms with van der Waals surface area (Å²) >= 11 is 0. The Morgan fingerprint density at radius 2 is 2.00 bits per heavy atom. The Kier molecular flexibility index (Phi) is 3.90. The predicted molar refractivity (Wildman–Crippen MR) is 83.7 cm³/mol. The second-order valence-electron chi connectivity index (χ2n) is 7.55. The Labute approximate surface area is 123 Å². The number of hydrogen-bond acceptors (Lipinski definition) is 1. The standard InChI is InChI=1S/C19H28O/c1-14(2)11-15-7-6-10-19(20,13-15)18-12-17(18)16-8-4-3-5-9-16/h3-5,8-9,14-15,17-18,20H,6-7,10-13H2,1-2H3. The van der Waals surface area contributed by atoms with Crippen molar-refractivity contribution in [2.24, 2.45) is 17.8 Å². The molecular weight excluding hydrogens is 244 g/mol. The lowest BCUT2D eigenvalue weighted by Gasteiger charge is -2.38. The Morgan fingerprint density at radius 3 is 2.70 bits per heavy atom. The summed E-state index contributed by atoms with van der Waals surface area (Å²) in [5.74, 6) is 2.62. The van der Waals surface area contributed by atoms with Crippen LogP contribution in [0.2, 0.25) is 0 Å². The second-order valence-corrected chi connectivity index (χ2v) is 7.55. The van der Waals surface area contributed by atoms with E-state index in [1.54, 1.807) is 0 Å². The minimum Gasteiger partial charge on any atom is -0.390 e. The molecule has 2 aliphatic carbocycles. The Balaban J connectivity index is 1.65. The molecule has 0 bridgehead atoms. The summed E-state index contributed by atoms with van der Waals surface area (Å²) in [4.78, 5) is 0. The van der Waals surface area contributed by atoms with E-state index in [9.17, 15) is 5.11 Å². The second kappa shape index (κ2) is 5.52. The van der Waals surface area contributed by atoms with Gasteiger partial charge in [-0.2, -0.15) is 0 Å². The molecule has 3 rings (SSSR count). The van der Waals surface area contributed by atoms with Gasteiger partial charge in [-0.05, 0) is 54.9 Å². The van der Waals surface area contributed by atoms with Gasteiger partial charge < -0.3 is 5.11 Å². The van der Waals surface area contributed by atoms with Crippen LogP contribution in [0.5, 0.6) is 0 Å². The molecule has 4 unspecified atom stereocenters. The lowest BCUT2D eigenvalue weighted by molar-refractivity contribution is -0.0398. The molecule has 2 aliphatic rings. The van der Waals surface area contributed by atoms with Crippen molar-refractivity contribution in [1.82, 2.24) is 0 Å². The van der Waals surface area contributed by atoms with Gasteiger partial charge in [0, 0.05) is 0 Å². The lowest BCUT2D eigenvalue weighted by atomic mass is 9.72. The van der Waals surface area contributed by atoms with Crippen molar-refractivity contribution in [2.75, 3.05) is 0 Å². The third kappa shape index (κ3) is 2.93. The maximum Gasteiger partial charge on any atom is 0.0684 e. The fourth-order valence-electron chi connectivity index (χ4n) is 4.46. The quantitative estimate of drug-likeness (QED) is 0.838. The normalized spacial score (nSPS) is 37.1. The number of rotatable bonds is 4. The molecular formula is C19H28O. The lowest BCUT2D eigenvalue weighted by Crippen LogP contribution is -2.38. The van der Waals surface area contributed by atoms with Gasteiger partial charge in [0.1, 0.15) is 0 Å². The summed E-state index contributed by atoms with van der Waals surface area (Å²) in [6.07, 6.45) is 7.07. The van der Waals surface area contributed by atoms with Gasteiger partial charge in [-0.1, -0.05) is 57.0 Å². The van der Waals surface area contributed by atoms with Crippen molar-refractivity contribution in [3.05, 3.63) is 35.9 Å². The van der Waals surface area contributed by atoms with E-state index < -0.39 is 0 Å². The Bertz CT molecular complexity index is 438. The molecule has 0 heterocycles. The average Bonchev–Trinajstić information content (AvgIpc) is 3.20. The molecule has 1 heteroatoms. The van der Waals surface area contributed by atoms with Gasteiger partial charge in [0.2, 0.25) is 0 Å². The molecule has 110 valence electrons. The summed E-state index contributed by atoms with van der Waals surface area (Å²) < 4.78 is 0. The molecule has 2 fully saturated rings. The minimum atomic E-state index is -0.377. The Hall–Kier alpha value is -0.820. The van der Waals surface area contributed by atoms with E-state index in [0.29, 0.717) is 11.8 Å².